The van der Waals surface area contributed by atoms with Gasteiger partial charge in [0.05, 0.1) is 34.0 Å². The van der Waals surface area contributed by atoms with Gasteiger partial charge in [-0.1, -0.05) is 76.7 Å². The number of nitrogens with zero attached hydrogens (tertiary/aromatic N) is 4. The lowest BCUT2D eigenvalue weighted by Crippen LogP contribution is -2.38. The average Bonchev–Trinajstić information content (AvgIpc) is 3.37. The monoisotopic (exact) mass is 562 g/mol. The number of nitrogens with two attached hydrogens (primary N) is 1. The van der Waals surface area contributed by atoms with E-state index in [9.17, 15) is 14.9 Å². The normalized spacial score (nSPS) is 17.3. The third kappa shape index (κ3) is 5.05. The summed E-state index contributed by atoms with van der Waals surface area (Å²) in [6, 6.07) is 17.1. The van der Waals surface area contributed by atoms with Gasteiger partial charge in [-0.2, -0.15) is 5.26 Å². The molecule has 3 N–H and O–H groups in total. The number of aromatic nitrogens is 2. The van der Waals surface area contributed by atoms with Gasteiger partial charge in [-0.05, 0) is 37.5 Å². The molecule has 1 unspecified atom stereocenters. The van der Waals surface area contributed by atoms with Crippen LogP contribution >= 0.6 is 34.7 Å². The fourth-order valence-electron chi connectivity index (χ4n) is 4.62. The van der Waals surface area contributed by atoms with E-state index in [2.05, 4.69) is 21.6 Å². The summed E-state index contributed by atoms with van der Waals surface area (Å²) in [4.78, 5) is 27.4. The fraction of sp³-hybridized carbons (Fsp3) is 0.222. The number of allylic oxidation sites excluding steroid dienone is 3. The second-order valence-corrected chi connectivity index (χ2v) is 11.5. The Morgan fingerprint density at radius 1 is 1.24 bits per heavy atom. The van der Waals surface area contributed by atoms with E-state index >= 15 is 0 Å². The van der Waals surface area contributed by atoms with Crippen molar-refractivity contribution in [1.29, 1.82) is 5.26 Å². The Labute approximate surface area is 233 Å². The minimum Gasteiger partial charge on any atom is -0.384 e. The number of rotatable bonds is 6. The standard InChI is InChI=1S/C27H23ClN6O2S2/c1-15-9-11-16(12-10-15)23-17(13-29)25(30)34(20-7-4-8-21(35)24(20)23)26-32-33-27(38-26)37-14-22(36)31-19-6-3-2-5-18(19)28/h2-3,5-6,9-12,23H,4,7-8,14,30H2,1H3,(H,31,36). The first-order chi connectivity index (χ1) is 18.4. The van der Waals surface area contributed by atoms with Crippen molar-refractivity contribution in [3.63, 3.8) is 0 Å². The van der Waals surface area contributed by atoms with Gasteiger partial charge in [0, 0.05) is 17.7 Å². The molecule has 2 aliphatic rings. The lowest BCUT2D eigenvalue weighted by atomic mass is 9.75. The highest BCUT2D eigenvalue weighted by Gasteiger charge is 2.41. The molecule has 0 bridgehead atoms. The number of aryl methyl sites for hydroxylation is 1. The number of nitriles is 1. The molecule has 1 atom stereocenters. The Balaban J connectivity index is 1.42. The van der Waals surface area contributed by atoms with Crippen molar-refractivity contribution in [2.75, 3.05) is 16.0 Å². The number of carbonyl (C=O) groups is 2. The summed E-state index contributed by atoms with van der Waals surface area (Å²) >= 11 is 8.61. The number of halogens is 1. The topological polar surface area (TPSA) is 125 Å². The maximum Gasteiger partial charge on any atom is 0.234 e. The number of Topliss-reactive ketones (excluding diaryl/α,β-unsaturated/α-hetero) is 1. The number of para-hydroxylation sites is 1. The Hall–Kier alpha value is -3.65. The molecule has 3 aromatic rings. The van der Waals surface area contributed by atoms with Gasteiger partial charge >= 0.3 is 0 Å². The average molecular weight is 563 g/mol. The predicted octanol–water partition coefficient (Wildman–Crippen LogP) is 5.54. The summed E-state index contributed by atoms with van der Waals surface area (Å²) in [6.45, 7) is 1.99. The van der Waals surface area contributed by atoms with E-state index in [0.717, 1.165) is 16.8 Å². The molecule has 0 saturated heterocycles. The van der Waals surface area contributed by atoms with Gasteiger partial charge < -0.3 is 11.1 Å². The molecule has 2 aromatic carbocycles. The second-order valence-electron chi connectivity index (χ2n) is 8.89. The number of carbonyl (C=O) groups excluding carboxylic acids is 2. The summed E-state index contributed by atoms with van der Waals surface area (Å²) < 4.78 is 0.561. The molecule has 0 radical (unpaired) electrons. The summed E-state index contributed by atoms with van der Waals surface area (Å²) in [7, 11) is 0. The third-order valence-corrected chi connectivity index (χ3v) is 8.76. The van der Waals surface area contributed by atoms with Gasteiger partial charge in [-0.15, -0.1) is 10.2 Å². The summed E-state index contributed by atoms with van der Waals surface area (Å²) in [5.41, 5.74) is 10.7. The van der Waals surface area contributed by atoms with E-state index in [0.29, 0.717) is 50.6 Å². The van der Waals surface area contributed by atoms with Gasteiger partial charge in [0.25, 0.3) is 0 Å². The zero-order chi connectivity index (χ0) is 26.8. The molecule has 1 aliphatic heterocycles. The minimum absolute atomic E-state index is 0.0115. The molecular weight excluding hydrogens is 540 g/mol. The fourth-order valence-corrected chi connectivity index (χ4v) is 6.49. The summed E-state index contributed by atoms with van der Waals surface area (Å²) in [5, 5.41) is 22.4. The van der Waals surface area contributed by atoms with Crippen LogP contribution in [0.25, 0.3) is 0 Å². The number of anilines is 2. The molecule has 5 rings (SSSR count). The maximum atomic E-state index is 13.2. The Kier molecular flexibility index (Phi) is 7.51. The Bertz CT molecular complexity index is 1520. The number of ketones is 1. The van der Waals surface area contributed by atoms with Crippen molar-refractivity contribution in [3.8, 4) is 6.07 Å². The first-order valence-electron chi connectivity index (χ1n) is 11.9. The van der Waals surface area contributed by atoms with Crippen molar-refractivity contribution in [2.45, 2.75) is 36.4 Å². The molecular formula is C27H23ClN6O2S2. The van der Waals surface area contributed by atoms with E-state index in [-0.39, 0.29) is 23.3 Å². The van der Waals surface area contributed by atoms with E-state index in [4.69, 9.17) is 17.3 Å². The lowest BCUT2D eigenvalue weighted by Gasteiger charge is -2.38. The molecule has 38 heavy (non-hydrogen) atoms. The van der Waals surface area contributed by atoms with Crippen molar-refractivity contribution in [3.05, 3.63) is 87.3 Å². The highest BCUT2D eigenvalue weighted by atomic mass is 35.5. The summed E-state index contributed by atoms with van der Waals surface area (Å²) in [5.74, 6) is -0.382. The van der Waals surface area contributed by atoms with Crippen LogP contribution in [0.5, 0.6) is 0 Å². The first-order valence-corrected chi connectivity index (χ1v) is 14.1. The van der Waals surface area contributed by atoms with Crippen LogP contribution in [-0.4, -0.2) is 27.6 Å². The Morgan fingerprint density at radius 2 is 2.00 bits per heavy atom. The predicted molar refractivity (Wildman–Crippen MR) is 150 cm³/mol. The molecule has 8 nitrogen and oxygen atoms in total. The molecule has 192 valence electrons. The van der Waals surface area contributed by atoms with Gasteiger partial charge in [0.2, 0.25) is 11.0 Å². The maximum absolute atomic E-state index is 13.2. The molecule has 1 aromatic heterocycles. The van der Waals surface area contributed by atoms with Crippen LogP contribution < -0.4 is 16.0 Å². The third-order valence-electron chi connectivity index (χ3n) is 6.39. The lowest BCUT2D eigenvalue weighted by molar-refractivity contribution is -0.116. The quantitative estimate of drug-likeness (QED) is 0.375. The number of nitrogens with one attached hydrogen (secondary N) is 1. The van der Waals surface area contributed by atoms with E-state index in [1.165, 1.54) is 23.1 Å². The van der Waals surface area contributed by atoms with E-state index in [1.807, 2.05) is 31.2 Å². The highest BCUT2D eigenvalue weighted by Crippen LogP contribution is 2.47. The van der Waals surface area contributed by atoms with Gasteiger partial charge in [-0.25, -0.2) is 0 Å². The minimum atomic E-state index is -0.519. The number of amides is 1. The van der Waals surface area contributed by atoms with Crippen LogP contribution in [0.15, 0.2) is 75.5 Å². The molecule has 1 aliphatic carbocycles. The Morgan fingerprint density at radius 3 is 2.74 bits per heavy atom. The van der Waals surface area contributed by atoms with Crippen LogP contribution in [0.4, 0.5) is 10.8 Å². The zero-order valence-electron chi connectivity index (χ0n) is 20.4. The largest absolute Gasteiger partial charge is 0.384 e. The van der Waals surface area contributed by atoms with Crippen molar-refractivity contribution in [1.82, 2.24) is 10.2 Å². The SMILES string of the molecule is Cc1ccc(C2C(C#N)=C(N)N(c3nnc(SCC(=O)Nc4ccccc4Cl)s3)C3=C2C(=O)CCC3)cc1. The smallest absolute Gasteiger partial charge is 0.234 e. The van der Waals surface area contributed by atoms with Crippen LogP contribution in [0.2, 0.25) is 5.02 Å². The number of benzene rings is 2. The van der Waals surface area contributed by atoms with Crippen molar-refractivity contribution < 1.29 is 9.59 Å². The van der Waals surface area contributed by atoms with E-state index in [1.54, 1.807) is 29.2 Å². The van der Waals surface area contributed by atoms with Crippen LogP contribution in [0, 0.1) is 18.3 Å². The van der Waals surface area contributed by atoms with Crippen molar-refractivity contribution >= 4 is 57.2 Å². The van der Waals surface area contributed by atoms with Gasteiger partial charge in [0.15, 0.2) is 10.1 Å². The zero-order valence-corrected chi connectivity index (χ0v) is 22.8. The van der Waals surface area contributed by atoms with Crippen molar-refractivity contribution in [2.24, 2.45) is 5.73 Å². The first kappa shape index (κ1) is 26.0. The molecule has 0 fully saturated rings. The molecule has 0 spiro atoms. The number of thioether (sulfide) groups is 1. The molecule has 11 heteroatoms. The van der Waals surface area contributed by atoms with Crippen LogP contribution in [0.1, 0.15) is 36.3 Å². The summed E-state index contributed by atoms with van der Waals surface area (Å²) in [6.07, 6.45) is 1.74. The van der Waals surface area contributed by atoms with Crippen LogP contribution in [0.3, 0.4) is 0 Å². The van der Waals surface area contributed by atoms with E-state index < -0.39 is 5.92 Å². The van der Waals surface area contributed by atoms with Gasteiger partial charge in [-0.3, -0.25) is 14.5 Å². The highest BCUT2D eigenvalue weighted by molar-refractivity contribution is 8.01. The second kappa shape index (κ2) is 11.0. The molecule has 0 saturated carbocycles. The van der Waals surface area contributed by atoms with Gasteiger partial charge in [0.1, 0.15) is 5.82 Å². The number of hydrogen-bond acceptors (Lipinski definition) is 9. The molecule has 2 heterocycles. The molecule has 1 amide bonds. The number of hydrogen-bond donors (Lipinski definition) is 2. The van der Waals surface area contributed by atoms with Crippen LogP contribution in [-0.2, 0) is 9.59 Å².